The zero-order valence-corrected chi connectivity index (χ0v) is 10.2. The summed E-state index contributed by atoms with van der Waals surface area (Å²) in [5, 5.41) is 3.78. The summed E-state index contributed by atoms with van der Waals surface area (Å²) < 4.78 is 0. The summed E-state index contributed by atoms with van der Waals surface area (Å²) >= 11 is 2.17. The summed E-state index contributed by atoms with van der Waals surface area (Å²) in [6, 6.07) is 0. The van der Waals surface area contributed by atoms with Crippen molar-refractivity contribution in [3.63, 3.8) is 0 Å². The van der Waals surface area contributed by atoms with Gasteiger partial charge < -0.3 is 10.2 Å². The SMILES string of the molecule is CC1CNC2(CCCN(C)CC2)SC1. The maximum Gasteiger partial charge on any atom is 0.0658 e. The van der Waals surface area contributed by atoms with E-state index in [1.54, 1.807) is 0 Å². The van der Waals surface area contributed by atoms with Crippen LogP contribution in [0.25, 0.3) is 0 Å². The predicted molar refractivity (Wildman–Crippen MR) is 63.7 cm³/mol. The molecule has 2 unspecified atom stereocenters. The number of rotatable bonds is 0. The molecule has 0 aromatic carbocycles. The van der Waals surface area contributed by atoms with Crippen molar-refractivity contribution < 1.29 is 0 Å². The van der Waals surface area contributed by atoms with Gasteiger partial charge in [-0.1, -0.05) is 6.92 Å². The number of hydrogen-bond donors (Lipinski definition) is 1. The zero-order chi connectivity index (χ0) is 10.0. The van der Waals surface area contributed by atoms with E-state index in [0.717, 1.165) is 5.92 Å². The van der Waals surface area contributed by atoms with E-state index in [-0.39, 0.29) is 0 Å². The molecule has 0 saturated carbocycles. The van der Waals surface area contributed by atoms with E-state index in [2.05, 4.69) is 35.9 Å². The van der Waals surface area contributed by atoms with Crippen LogP contribution in [-0.4, -0.2) is 42.2 Å². The highest BCUT2D eigenvalue weighted by Crippen LogP contribution is 2.37. The van der Waals surface area contributed by atoms with Crippen molar-refractivity contribution in [2.75, 3.05) is 32.4 Å². The lowest BCUT2D eigenvalue weighted by molar-refractivity contribution is 0.331. The fraction of sp³-hybridized carbons (Fsp3) is 1.00. The van der Waals surface area contributed by atoms with Crippen LogP contribution in [0.1, 0.15) is 26.2 Å². The Kier molecular flexibility index (Phi) is 3.40. The minimum atomic E-state index is 0.428. The number of hydrogen-bond acceptors (Lipinski definition) is 3. The second-order valence-corrected chi connectivity index (χ2v) is 6.35. The topological polar surface area (TPSA) is 15.3 Å². The highest BCUT2D eigenvalue weighted by atomic mass is 32.2. The summed E-state index contributed by atoms with van der Waals surface area (Å²) in [6.07, 6.45) is 4.03. The second kappa shape index (κ2) is 4.42. The average molecular weight is 214 g/mol. The Morgan fingerprint density at radius 1 is 1.36 bits per heavy atom. The van der Waals surface area contributed by atoms with Crippen LogP contribution >= 0.6 is 11.8 Å². The van der Waals surface area contributed by atoms with E-state index in [4.69, 9.17) is 0 Å². The molecule has 82 valence electrons. The van der Waals surface area contributed by atoms with Crippen LogP contribution in [0.4, 0.5) is 0 Å². The highest BCUT2D eigenvalue weighted by Gasteiger charge is 2.35. The van der Waals surface area contributed by atoms with Crippen molar-refractivity contribution >= 4 is 11.8 Å². The molecule has 0 aliphatic carbocycles. The Labute approximate surface area is 91.8 Å². The zero-order valence-electron chi connectivity index (χ0n) is 9.38. The molecule has 2 aliphatic heterocycles. The van der Waals surface area contributed by atoms with Gasteiger partial charge in [0, 0.05) is 6.54 Å². The summed E-state index contributed by atoms with van der Waals surface area (Å²) in [4.78, 5) is 2.90. The molecule has 2 heterocycles. The highest BCUT2D eigenvalue weighted by molar-refractivity contribution is 8.00. The standard InChI is InChI=1S/C11H22N2S/c1-10-8-12-11(14-9-10)4-3-6-13(2)7-5-11/h10,12H,3-9H2,1-2H3. The molecule has 2 fully saturated rings. The summed E-state index contributed by atoms with van der Waals surface area (Å²) in [6.45, 7) is 6.10. The number of nitrogens with zero attached hydrogens (tertiary/aromatic N) is 1. The molecular formula is C11H22N2S. The lowest BCUT2D eigenvalue weighted by Crippen LogP contribution is -2.49. The molecule has 1 spiro atoms. The Bertz CT molecular complexity index is 182. The second-order valence-electron chi connectivity index (χ2n) is 4.95. The summed E-state index contributed by atoms with van der Waals surface area (Å²) in [5.74, 6) is 2.20. The smallest absolute Gasteiger partial charge is 0.0658 e. The third-order valence-corrected chi connectivity index (χ3v) is 5.28. The maximum absolute atomic E-state index is 3.78. The molecule has 3 heteroatoms. The van der Waals surface area contributed by atoms with E-state index >= 15 is 0 Å². The molecule has 2 rings (SSSR count). The van der Waals surface area contributed by atoms with Gasteiger partial charge in [-0.3, -0.25) is 0 Å². The quantitative estimate of drug-likeness (QED) is 0.661. The van der Waals surface area contributed by atoms with Crippen LogP contribution in [-0.2, 0) is 0 Å². The predicted octanol–water partition coefficient (Wildman–Crippen LogP) is 1.77. The van der Waals surface area contributed by atoms with Crippen molar-refractivity contribution in [3.05, 3.63) is 0 Å². The lowest BCUT2D eigenvalue weighted by Gasteiger charge is -2.39. The molecule has 0 radical (unpaired) electrons. The van der Waals surface area contributed by atoms with Gasteiger partial charge in [-0.25, -0.2) is 0 Å². The average Bonchev–Trinajstić information content (AvgIpc) is 2.36. The van der Waals surface area contributed by atoms with Gasteiger partial charge in [0.15, 0.2) is 0 Å². The molecule has 0 amide bonds. The van der Waals surface area contributed by atoms with Gasteiger partial charge in [0.2, 0.25) is 0 Å². The Balaban J connectivity index is 1.94. The van der Waals surface area contributed by atoms with Gasteiger partial charge in [-0.2, -0.15) is 0 Å². The van der Waals surface area contributed by atoms with Crippen molar-refractivity contribution in [3.8, 4) is 0 Å². The van der Waals surface area contributed by atoms with Crippen molar-refractivity contribution in [2.45, 2.75) is 31.1 Å². The Morgan fingerprint density at radius 2 is 2.21 bits per heavy atom. The van der Waals surface area contributed by atoms with Crippen LogP contribution in [0.3, 0.4) is 0 Å². The first kappa shape index (κ1) is 10.8. The fourth-order valence-electron chi connectivity index (χ4n) is 2.34. The van der Waals surface area contributed by atoms with Gasteiger partial charge in [-0.15, -0.1) is 11.8 Å². The monoisotopic (exact) mass is 214 g/mol. The number of nitrogens with one attached hydrogen (secondary N) is 1. The summed E-state index contributed by atoms with van der Waals surface area (Å²) in [5.41, 5.74) is 0. The molecule has 2 saturated heterocycles. The van der Waals surface area contributed by atoms with Crippen LogP contribution in [0, 0.1) is 5.92 Å². The maximum atomic E-state index is 3.78. The minimum Gasteiger partial charge on any atom is -0.306 e. The van der Waals surface area contributed by atoms with Crippen molar-refractivity contribution in [1.82, 2.24) is 10.2 Å². The van der Waals surface area contributed by atoms with E-state index in [0.29, 0.717) is 4.87 Å². The first-order valence-corrected chi connectivity index (χ1v) is 6.76. The number of likely N-dealkylation sites (tertiary alicyclic amines) is 1. The molecule has 2 atom stereocenters. The third-order valence-electron chi connectivity index (χ3n) is 3.43. The van der Waals surface area contributed by atoms with E-state index in [1.165, 1.54) is 44.6 Å². The molecule has 0 bridgehead atoms. The molecule has 0 aromatic heterocycles. The minimum absolute atomic E-state index is 0.428. The van der Waals surface area contributed by atoms with Gasteiger partial charge in [0.05, 0.1) is 4.87 Å². The van der Waals surface area contributed by atoms with Crippen molar-refractivity contribution in [1.29, 1.82) is 0 Å². The van der Waals surface area contributed by atoms with E-state index < -0.39 is 0 Å². The molecule has 0 aromatic rings. The van der Waals surface area contributed by atoms with Crippen LogP contribution in [0.15, 0.2) is 0 Å². The molecule has 1 N–H and O–H groups in total. The van der Waals surface area contributed by atoms with Crippen molar-refractivity contribution in [2.24, 2.45) is 5.92 Å². The summed E-state index contributed by atoms with van der Waals surface area (Å²) in [7, 11) is 2.25. The first-order valence-electron chi connectivity index (χ1n) is 5.78. The third kappa shape index (κ3) is 2.44. The Hall–Kier alpha value is 0.270. The van der Waals surface area contributed by atoms with E-state index in [9.17, 15) is 0 Å². The lowest BCUT2D eigenvalue weighted by atomic mass is 10.1. The first-order chi connectivity index (χ1) is 6.70. The van der Waals surface area contributed by atoms with Gasteiger partial charge in [-0.05, 0) is 51.1 Å². The molecule has 14 heavy (non-hydrogen) atoms. The van der Waals surface area contributed by atoms with E-state index in [1.807, 2.05) is 0 Å². The van der Waals surface area contributed by atoms with Crippen LogP contribution < -0.4 is 5.32 Å². The van der Waals surface area contributed by atoms with Gasteiger partial charge in [0.25, 0.3) is 0 Å². The normalized spacial score (nSPS) is 41.1. The fourth-order valence-corrected chi connectivity index (χ4v) is 3.77. The van der Waals surface area contributed by atoms with Gasteiger partial charge in [0.1, 0.15) is 0 Å². The molecule has 2 nitrogen and oxygen atoms in total. The van der Waals surface area contributed by atoms with Crippen LogP contribution in [0.2, 0.25) is 0 Å². The number of thioether (sulfide) groups is 1. The Morgan fingerprint density at radius 3 is 2.93 bits per heavy atom. The molecule has 2 aliphatic rings. The largest absolute Gasteiger partial charge is 0.306 e. The van der Waals surface area contributed by atoms with Gasteiger partial charge >= 0.3 is 0 Å². The molecular weight excluding hydrogens is 192 g/mol. The van der Waals surface area contributed by atoms with Crippen LogP contribution in [0.5, 0.6) is 0 Å².